The Morgan fingerprint density at radius 2 is 1.84 bits per heavy atom. The highest BCUT2D eigenvalue weighted by molar-refractivity contribution is 7.80. The number of benzene rings is 2. The summed E-state index contributed by atoms with van der Waals surface area (Å²) in [5.74, 6) is 1.25. The molecular weight excluding hydrogens is 256 g/mol. The molecule has 2 aromatic rings. The molecule has 0 fully saturated rings. The van der Waals surface area contributed by atoms with Crippen LogP contribution in [0.15, 0.2) is 47.4 Å². The van der Waals surface area contributed by atoms with Crippen molar-refractivity contribution < 1.29 is 9.84 Å². The van der Waals surface area contributed by atoms with E-state index in [9.17, 15) is 5.11 Å². The second-order valence-corrected chi connectivity index (χ2v) is 4.89. The number of phenols is 1. The number of hydrogen-bond donors (Lipinski definition) is 2. The molecule has 0 bridgehead atoms. The van der Waals surface area contributed by atoms with Gasteiger partial charge in [-0.05, 0) is 36.6 Å². The van der Waals surface area contributed by atoms with Crippen molar-refractivity contribution in [3.8, 4) is 17.2 Å². The summed E-state index contributed by atoms with van der Waals surface area (Å²) < 4.78 is 5.73. The zero-order valence-corrected chi connectivity index (χ0v) is 11.9. The Morgan fingerprint density at radius 1 is 1.11 bits per heavy atom. The summed E-state index contributed by atoms with van der Waals surface area (Å²) >= 11 is 4.50. The van der Waals surface area contributed by atoms with Crippen LogP contribution in [0.25, 0.3) is 0 Å². The minimum absolute atomic E-state index is 0.120. The Labute approximate surface area is 119 Å². The van der Waals surface area contributed by atoms with Gasteiger partial charge in [-0.1, -0.05) is 37.6 Å². The summed E-state index contributed by atoms with van der Waals surface area (Å²) in [7, 11) is 0. The van der Waals surface area contributed by atoms with E-state index >= 15 is 0 Å². The molecule has 0 saturated heterocycles. The van der Waals surface area contributed by atoms with Crippen molar-refractivity contribution in [2.24, 2.45) is 0 Å². The summed E-state index contributed by atoms with van der Waals surface area (Å²) in [5, 5.41) is 9.93. The predicted octanol–water partition coefficient (Wildman–Crippen LogP) is 4.82. The Balaban J connectivity index is 2.28. The number of aromatic hydroxyl groups is 1. The molecule has 0 amide bonds. The fourth-order valence-corrected chi connectivity index (χ4v) is 2.22. The summed E-state index contributed by atoms with van der Waals surface area (Å²) in [4.78, 5) is 0.720. The standard InChI is InChI=1S/C16H18O2S/c1-2-3-7-12-10-11-14(17)15(16(12)19)18-13-8-5-4-6-9-13/h4-6,8-11,17,19H,2-3,7H2,1H3. The first-order valence-corrected chi connectivity index (χ1v) is 6.93. The quantitative estimate of drug-likeness (QED) is 0.766. The smallest absolute Gasteiger partial charge is 0.182 e. The minimum Gasteiger partial charge on any atom is -0.504 e. The van der Waals surface area contributed by atoms with Gasteiger partial charge in [0.05, 0.1) is 4.90 Å². The van der Waals surface area contributed by atoms with E-state index in [-0.39, 0.29) is 5.75 Å². The Hall–Kier alpha value is -1.61. The zero-order valence-electron chi connectivity index (χ0n) is 11.0. The molecule has 0 aromatic heterocycles. The van der Waals surface area contributed by atoms with Crippen LogP contribution in [0.1, 0.15) is 25.3 Å². The third-order valence-electron chi connectivity index (χ3n) is 2.96. The number of para-hydroxylation sites is 1. The highest BCUT2D eigenvalue weighted by atomic mass is 32.1. The maximum atomic E-state index is 9.93. The van der Waals surface area contributed by atoms with Crippen molar-refractivity contribution in [1.82, 2.24) is 0 Å². The Morgan fingerprint density at radius 3 is 2.53 bits per heavy atom. The molecule has 1 N–H and O–H groups in total. The second-order valence-electron chi connectivity index (χ2n) is 4.44. The number of rotatable bonds is 5. The van der Waals surface area contributed by atoms with Crippen molar-refractivity contribution in [1.29, 1.82) is 0 Å². The lowest BCUT2D eigenvalue weighted by atomic mass is 10.1. The average Bonchev–Trinajstić information content (AvgIpc) is 2.44. The van der Waals surface area contributed by atoms with Crippen LogP contribution in [-0.2, 0) is 6.42 Å². The topological polar surface area (TPSA) is 29.5 Å². The fraction of sp³-hybridized carbons (Fsp3) is 0.250. The number of unbranched alkanes of at least 4 members (excludes halogenated alkanes) is 1. The van der Waals surface area contributed by atoms with E-state index in [0.717, 1.165) is 29.7 Å². The summed E-state index contributed by atoms with van der Waals surface area (Å²) in [6, 6.07) is 13.0. The molecular formula is C16H18O2S. The van der Waals surface area contributed by atoms with Gasteiger partial charge >= 0.3 is 0 Å². The van der Waals surface area contributed by atoms with Gasteiger partial charge < -0.3 is 9.84 Å². The van der Waals surface area contributed by atoms with Crippen LogP contribution in [-0.4, -0.2) is 5.11 Å². The maximum Gasteiger partial charge on any atom is 0.182 e. The molecule has 2 nitrogen and oxygen atoms in total. The van der Waals surface area contributed by atoms with Gasteiger partial charge in [-0.3, -0.25) is 0 Å². The number of ether oxygens (including phenoxy) is 1. The molecule has 0 aliphatic heterocycles. The molecule has 19 heavy (non-hydrogen) atoms. The summed E-state index contributed by atoms with van der Waals surface area (Å²) in [6.45, 7) is 2.15. The monoisotopic (exact) mass is 274 g/mol. The molecule has 0 aliphatic rings. The third kappa shape index (κ3) is 3.44. The first-order chi connectivity index (χ1) is 9.22. The number of phenolic OH excluding ortho intramolecular Hbond substituents is 1. The van der Waals surface area contributed by atoms with E-state index in [2.05, 4.69) is 19.6 Å². The van der Waals surface area contributed by atoms with E-state index < -0.39 is 0 Å². The number of aryl methyl sites for hydroxylation is 1. The van der Waals surface area contributed by atoms with Crippen LogP contribution in [0.4, 0.5) is 0 Å². The van der Waals surface area contributed by atoms with Crippen molar-refractivity contribution in [3.05, 3.63) is 48.0 Å². The van der Waals surface area contributed by atoms with Gasteiger partial charge in [-0.25, -0.2) is 0 Å². The van der Waals surface area contributed by atoms with Gasteiger partial charge in [0, 0.05) is 0 Å². The van der Waals surface area contributed by atoms with Crippen molar-refractivity contribution in [2.75, 3.05) is 0 Å². The Bertz CT molecular complexity index is 538. The van der Waals surface area contributed by atoms with Crippen molar-refractivity contribution >= 4 is 12.6 Å². The van der Waals surface area contributed by atoms with E-state index in [1.165, 1.54) is 0 Å². The molecule has 3 heteroatoms. The van der Waals surface area contributed by atoms with E-state index in [1.54, 1.807) is 6.07 Å². The molecule has 2 aromatic carbocycles. The van der Waals surface area contributed by atoms with Crippen molar-refractivity contribution in [3.63, 3.8) is 0 Å². The lowest BCUT2D eigenvalue weighted by Gasteiger charge is -2.13. The number of hydrogen-bond acceptors (Lipinski definition) is 3. The molecule has 100 valence electrons. The minimum atomic E-state index is 0.120. The van der Waals surface area contributed by atoms with Gasteiger partial charge in [0.25, 0.3) is 0 Å². The van der Waals surface area contributed by atoms with Gasteiger partial charge in [0.15, 0.2) is 11.5 Å². The van der Waals surface area contributed by atoms with Crippen molar-refractivity contribution in [2.45, 2.75) is 31.1 Å². The molecule has 0 unspecified atom stereocenters. The van der Waals surface area contributed by atoms with Gasteiger partial charge in [0.2, 0.25) is 0 Å². The van der Waals surface area contributed by atoms with E-state index in [0.29, 0.717) is 11.5 Å². The van der Waals surface area contributed by atoms with Crippen LogP contribution in [0.3, 0.4) is 0 Å². The van der Waals surface area contributed by atoms with E-state index in [1.807, 2.05) is 36.4 Å². The molecule has 0 saturated carbocycles. The normalized spacial score (nSPS) is 10.4. The third-order valence-corrected chi connectivity index (χ3v) is 3.45. The van der Waals surface area contributed by atoms with Gasteiger partial charge in [0.1, 0.15) is 5.75 Å². The predicted molar refractivity (Wildman–Crippen MR) is 80.5 cm³/mol. The molecule has 0 radical (unpaired) electrons. The zero-order chi connectivity index (χ0) is 13.7. The SMILES string of the molecule is CCCCc1ccc(O)c(Oc2ccccc2)c1S. The van der Waals surface area contributed by atoms with Gasteiger partial charge in [-0.15, -0.1) is 12.6 Å². The lowest BCUT2D eigenvalue weighted by molar-refractivity contribution is 0.402. The second kappa shape index (κ2) is 6.53. The number of thiol groups is 1. The van der Waals surface area contributed by atoms with Crippen LogP contribution >= 0.6 is 12.6 Å². The molecule has 0 heterocycles. The molecule has 0 atom stereocenters. The van der Waals surface area contributed by atoms with Crippen LogP contribution in [0, 0.1) is 0 Å². The lowest BCUT2D eigenvalue weighted by Crippen LogP contribution is -1.92. The molecule has 0 spiro atoms. The summed E-state index contributed by atoms with van der Waals surface area (Å²) in [5.41, 5.74) is 1.11. The van der Waals surface area contributed by atoms with Gasteiger partial charge in [-0.2, -0.15) is 0 Å². The first kappa shape index (κ1) is 13.8. The largest absolute Gasteiger partial charge is 0.504 e. The fourth-order valence-electron chi connectivity index (χ4n) is 1.88. The summed E-state index contributed by atoms with van der Waals surface area (Å²) in [6.07, 6.45) is 3.17. The highest BCUT2D eigenvalue weighted by Crippen LogP contribution is 2.38. The molecule has 2 rings (SSSR count). The molecule has 0 aliphatic carbocycles. The van der Waals surface area contributed by atoms with Crippen LogP contribution in [0.2, 0.25) is 0 Å². The first-order valence-electron chi connectivity index (χ1n) is 6.49. The Kier molecular flexibility index (Phi) is 4.74. The van der Waals surface area contributed by atoms with Crippen LogP contribution < -0.4 is 4.74 Å². The highest BCUT2D eigenvalue weighted by Gasteiger charge is 2.12. The average molecular weight is 274 g/mol. The maximum absolute atomic E-state index is 9.93. The van der Waals surface area contributed by atoms with E-state index in [4.69, 9.17) is 4.74 Å². The van der Waals surface area contributed by atoms with Crippen LogP contribution in [0.5, 0.6) is 17.2 Å².